The maximum atomic E-state index is 14.7. The number of piperazine rings is 1. The molecule has 0 radical (unpaired) electrons. The second-order valence-electron chi connectivity index (χ2n) is 13.2. The molecule has 0 unspecified atom stereocenters. The number of pyridine rings is 1. The predicted octanol–water partition coefficient (Wildman–Crippen LogP) is 5.57. The lowest BCUT2D eigenvalue weighted by atomic mass is 9.95. The number of aromatic nitrogens is 1. The van der Waals surface area contributed by atoms with Crippen molar-refractivity contribution in [1.82, 2.24) is 14.4 Å². The Morgan fingerprint density at radius 1 is 0.736 bits per heavy atom. The van der Waals surface area contributed by atoms with Gasteiger partial charge in [-0.15, -0.1) is 0 Å². The van der Waals surface area contributed by atoms with Crippen LogP contribution in [0, 0.1) is 0 Å². The highest BCUT2D eigenvalue weighted by molar-refractivity contribution is 6.08. The summed E-state index contributed by atoms with van der Waals surface area (Å²) in [6.45, 7) is 7.52. The van der Waals surface area contributed by atoms with E-state index >= 15 is 0 Å². The van der Waals surface area contributed by atoms with E-state index in [1.54, 1.807) is 62.1 Å². The van der Waals surface area contributed by atoms with E-state index < -0.39 is 29.3 Å². The smallest absolute Gasteiger partial charge is 0.415 e. The van der Waals surface area contributed by atoms with Gasteiger partial charge in [-0.25, -0.2) is 14.4 Å². The number of anilines is 1. The van der Waals surface area contributed by atoms with E-state index in [2.05, 4.69) is 10.2 Å². The quantitative estimate of drug-likeness (QED) is 0.214. The number of carbonyl (C=O) groups is 3. The molecule has 53 heavy (non-hydrogen) atoms. The number of benzene rings is 3. The molecule has 0 aliphatic carbocycles. The predicted molar refractivity (Wildman–Crippen MR) is 197 cm³/mol. The van der Waals surface area contributed by atoms with Crippen molar-refractivity contribution in [2.45, 2.75) is 26.4 Å². The van der Waals surface area contributed by atoms with Crippen LogP contribution in [0.3, 0.4) is 0 Å². The highest BCUT2D eigenvalue weighted by Crippen LogP contribution is 2.45. The number of methoxy groups -OCH3 is 5. The van der Waals surface area contributed by atoms with Gasteiger partial charge in [0.1, 0.15) is 11.3 Å². The van der Waals surface area contributed by atoms with Gasteiger partial charge in [-0.3, -0.25) is 14.7 Å². The summed E-state index contributed by atoms with van der Waals surface area (Å²) in [5, 5.41) is 3.02. The van der Waals surface area contributed by atoms with E-state index in [-0.39, 0.29) is 50.7 Å². The Hall–Kier alpha value is -5.96. The fourth-order valence-electron chi connectivity index (χ4n) is 5.96. The molecule has 15 heteroatoms. The van der Waals surface area contributed by atoms with Crippen LogP contribution in [-0.2, 0) is 9.47 Å². The summed E-state index contributed by atoms with van der Waals surface area (Å²) in [5.74, 6) is 0.176. The van der Waals surface area contributed by atoms with Crippen LogP contribution in [0.25, 0.3) is 27.6 Å². The fraction of sp³-hybridized carbons (Fsp3) is 0.368. The zero-order valence-corrected chi connectivity index (χ0v) is 31.3. The van der Waals surface area contributed by atoms with E-state index in [4.69, 9.17) is 33.2 Å². The number of nitrogens with one attached hydrogen (secondary N) is 1. The first-order chi connectivity index (χ1) is 25.2. The maximum Gasteiger partial charge on any atom is 0.415 e. The van der Waals surface area contributed by atoms with E-state index in [1.807, 2.05) is 7.05 Å². The number of likely N-dealkylation sites (N-methyl/N-ethyl adjacent to an activating group) is 1. The molecule has 1 aliphatic rings. The molecule has 5 rings (SSSR count). The number of hydrogen-bond acceptors (Lipinski definition) is 12. The fourth-order valence-corrected chi connectivity index (χ4v) is 5.96. The second-order valence-corrected chi connectivity index (χ2v) is 13.2. The number of rotatable bonds is 9. The van der Waals surface area contributed by atoms with Crippen LogP contribution in [-0.4, -0.2) is 107 Å². The average Bonchev–Trinajstić information content (AvgIpc) is 3.13. The second kappa shape index (κ2) is 15.7. The SMILES string of the molecule is COC(=O)c1c(-c2cc(OC)c(OC)c(OC)c2)c2cc(OC)c(OC(=O)N3CCN(C)CC3)cc2c(=O)n1-c1ccc(NC(=O)OC(C)(C)C)cc1. The van der Waals surface area contributed by atoms with Crippen molar-refractivity contribution in [3.63, 3.8) is 0 Å². The number of carbonyl (C=O) groups excluding carboxylic acids is 3. The first-order valence-electron chi connectivity index (χ1n) is 16.7. The first kappa shape index (κ1) is 38.3. The van der Waals surface area contributed by atoms with Crippen LogP contribution in [0.1, 0.15) is 31.3 Å². The third-order valence-electron chi connectivity index (χ3n) is 8.53. The highest BCUT2D eigenvalue weighted by atomic mass is 16.6. The van der Waals surface area contributed by atoms with Crippen LogP contribution in [0.4, 0.5) is 15.3 Å². The van der Waals surface area contributed by atoms with Gasteiger partial charge in [0.2, 0.25) is 5.75 Å². The molecule has 2 heterocycles. The summed E-state index contributed by atoms with van der Waals surface area (Å²) in [7, 11) is 8.96. The number of fused-ring (bicyclic) bond motifs is 1. The average molecular weight is 733 g/mol. The molecular weight excluding hydrogens is 688 g/mol. The number of ether oxygens (including phenoxy) is 7. The van der Waals surface area contributed by atoms with E-state index in [9.17, 15) is 19.2 Å². The highest BCUT2D eigenvalue weighted by Gasteiger charge is 2.30. The summed E-state index contributed by atoms with van der Waals surface area (Å²) in [5.41, 5.74) is -0.221. The molecule has 1 N–H and O–H groups in total. The minimum Gasteiger partial charge on any atom is -0.493 e. The van der Waals surface area contributed by atoms with Crippen LogP contribution >= 0.6 is 0 Å². The van der Waals surface area contributed by atoms with Crippen molar-refractivity contribution in [2.24, 2.45) is 0 Å². The van der Waals surface area contributed by atoms with Gasteiger partial charge in [0.25, 0.3) is 5.56 Å². The van der Waals surface area contributed by atoms with Crippen LogP contribution in [0.15, 0.2) is 53.3 Å². The molecule has 2 amide bonds. The van der Waals surface area contributed by atoms with Crippen molar-refractivity contribution >= 4 is 34.6 Å². The molecule has 1 aromatic heterocycles. The maximum absolute atomic E-state index is 14.7. The Balaban J connectivity index is 1.80. The third kappa shape index (κ3) is 8.09. The zero-order valence-electron chi connectivity index (χ0n) is 31.3. The van der Waals surface area contributed by atoms with Crippen LogP contribution in [0.5, 0.6) is 28.7 Å². The molecule has 1 fully saturated rings. The lowest BCUT2D eigenvalue weighted by molar-refractivity contribution is 0.0589. The van der Waals surface area contributed by atoms with E-state index in [0.29, 0.717) is 43.2 Å². The van der Waals surface area contributed by atoms with Crippen molar-refractivity contribution in [1.29, 1.82) is 0 Å². The summed E-state index contributed by atoms with van der Waals surface area (Å²) in [6, 6.07) is 12.5. The Kier molecular flexibility index (Phi) is 11.4. The normalized spacial score (nSPS) is 13.3. The largest absolute Gasteiger partial charge is 0.493 e. The molecule has 282 valence electrons. The number of hydrogen-bond donors (Lipinski definition) is 1. The molecule has 0 atom stereocenters. The lowest BCUT2D eigenvalue weighted by Crippen LogP contribution is -2.48. The van der Waals surface area contributed by atoms with Crippen molar-refractivity contribution < 1.29 is 47.5 Å². The van der Waals surface area contributed by atoms with Gasteiger partial charge in [-0.2, -0.15) is 0 Å². The standard InChI is InChI=1S/C38H44N4O11/c1-38(2,3)53-36(45)39-23-10-12-24(13-11-23)42-32(35(44)51-9)31(22-18-29(48-6)33(50-8)30(19-22)49-7)25-20-27(47-5)28(21-26(25)34(42)43)52-37(46)41-16-14-40(4)15-17-41/h10-13,18-21H,14-17H2,1-9H3,(H,39,45). The summed E-state index contributed by atoms with van der Waals surface area (Å²) < 4.78 is 40.2. The number of amides is 2. The molecule has 1 aliphatic heterocycles. The molecular formula is C38H44N4O11. The van der Waals surface area contributed by atoms with Crippen molar-refractivity contribution in [3.05, 3.63) is 64.6 Å². The molecule has 1 saturated heterocycles. The Morgan fingerprint density at radius 3 is 1.85 bits per heavy atom. The van der Waals surface area contributed by atoms with Crippen molar-refractivity contribution in [2.75, 3.05) is 74.1 Å². The van der Waals surface area contributed by atoms with Gasteiger partial charge in [0.15, 0.2) is 23.0 Å². The molecule has 15 nitrogen and oxygen atoms in total. The summed E-state index contributed by atoms with van der Waals surface area (Å²) >= 11 is 0. The lowest BCUT2D eigenvalue weighted by Gasteiger charge is -2.31. The van der Waals surface area contributed by atoms with Gasteiger partial charge >= 0.3 is 18.2 Å². The Labute approximate surface area is 306 Å². The monoisotopic (exact) mass is 732 g/mol. The molecule has 3 aromatic carbocycles. The van der Waals surface area contributed by atoms with Gasteiger partial charge in [-0.05, 0) is 81.9 Å². The zero-order chi connectivity index (χ0) is 38.6. The molecule has 4 aromatic rings. The number of nitrogens with zero attached hydrogens (tertiary/aromatic N) is 3. The molecule has 0 saturated carbocycles. The topological polar surface area (TPSA) is 156 Å². The number of esters is 1. The van der Waals surface area contributed by atoms with Crippen molar-refractivity contribution in [3.8, 4) is 45.6 Å². The van der Waals surface area contributed by atoms with Gasteiger partial charge in [0, 0.05) is 48.5 Å². The molecule has 0 spiro atoms. The minimum atomic E-state index is -0.840. The minimum absolute atomic E-state index is 0.00569. The Bertz CT molecular complexity index is 2050. The summed E-state index contributed by atoms with van der Waals surface area (Å²) in [4.78, 5) is 58.0. The summed E-state index contributed by atoms with van der Waals surface area (Å²) in [6.07, 6.45) is -1.26. The first-order valence-corrected chi connectivity index (χ1v) is 16.7. The molecule has 0 bridgehead atoms. The van der Waals surface area contributed by atoms with E-state index in [1.165, 1.54) is 52.2 Å². The van der Waals surface area contributed by atoms with E-state index in [0.717, 1.165) is 0 Å². The van der Waals surface area contributed by atoms with Gasteiger partial charge < -0.3 is 43.0 Å². The van der Waals surface area contributed by atoms with Gasteiger partial charge in [-0.1, -0.05) is 0 Å². The van der Waals surface area contributed by atoms with Gasteiger partial charge in [0.05, 0.1) is 40.9 Å². The third-order valence-corrected chi connectivity index (χ3v) is 8.53. The van der Waals surface area contributed by atoms with Crippen LogP contribution in [0.2, 0.25) is 0 Å². The van der Waals surface area contributed by atoms with Crippen LogP contribution < -0.4 is 34.6 Å². The Morgan fingerprint density at radius 2 is 1.32 bits per heavy atom.